The third kappa shape index (κ3) is 2.54. The molecule has 3 rings (SSSR count). The monoisotopic (exact) mass is 251 g/mol. The zero-order valence-corrected chi connectivity index (χ0v) is 11.2. The van der Waals surface area contributed by atoms with E-state index in [1.165, 1.54) is 19.3 Å². The minimum Gasteiger partial charge on any atom is -0.350 e. The lowest BCUT2D eigenvalue weighted by molar-refractivity contribution is -0.128. The molecule has 1 aliphatic heterocycles. The summed E-state index contributed by atoms with van der Waals surface area (Å²) in [6.07, 6.45) is 8.94. The summed E-state index contributed by atoms with van der Waals surface area (Å²) in [6, 6.07) is 1.15. The maximum atomic E-state index is 12.3. The van der Waals surface area contributed by atoms with E-state index in [0.717, 1.165) is 51.2 Å². The van der Waals surface area contributed by atoms with Crippen molar-refractivity contribution in [3.05, 3.63) is 0 Å². The average Bonchev–Trinajstić information content (AvgIpc) is 3.11. The summed E-state index contributed by atoms with van der Waals surface area (Å²) in [5, 5.41) is 3.20. The first-order valence-corrected chi connectivity index (χ1v) is 7.51. The molecule has 4 heteroatoms. The minimum absolute atomic E-state index is 0.102. The van der Waals surface area contributed by atoms with Crippen LogP contribution in [0, 0.1) is 0 Å². The predicted octanol–water partition coefficient (Wildman–Crippen LogP) is 1.00. The molecule has 18 heavy (non-hydrogen) atoms. The number of hydrogen-bond acceptors (Lipinski definition) is 3. The lowest BCUT2D eigenvalue weighted by Gasteiger charge is -2.33. The molecule has 2 saturated carbocycles. The highest BCUT2D eigenvalue weighted by Gasteiger charge is 2.39. The summed E-state index contributed by atoms with van der Waals surface area (Å²) in [6.45, 7) is 2.18. The largest absolute Gasteiger partial charge is 0.350 e. The molecule has 0 radical (unpaired) electrons. The van der Waals surface area contributed by atoms with Gasteiger partial charge in [-0.3, -0.25) is 9.69 Å². The molecule has 0 bridgehead atoms. The molecule has 4 nitrogen and oxygen atoms in total. The third-order valence-electron chi connectivity index (χ3n) is 4.82. The van der Waals surface area contributed by atoms with Crippen LogP contribution >= 0.6 is 0 Å². The maximum Gasteiger partial charge on any atom is 0.240 e. The van der Waals surface area contributed by atoms with Gasteiger partial charge in [-0.25, -0.2) is 0 Å². The number of hydrogen-bond donors (Lipinski definition) is 2. The number of nitrogens with two attached hydrogens (primary N) is 1. The highest BCUT2D eigenvalue weighted by molar-refractivity contribution is 5.86. The topological polar surface area (TPSA) is 58.4 Å². The Morgan fingerprint density at radius 1 is 1.17 bits per heavy atom. The van der Waals surface area contributed by atoms with Crippen molar-refractivity contribution in [1.29, 1.82) is 0 Å². The molecule has 3 N–H and O–H groups in total. The van der Waals surface area contributed by atoms with Gasteiger partial charge >= 0.3 is 0 Å². The van der Waals surface area contributed by atoms with Gasteiger partial charge < -0.3 is 11.1 Å². The van der Waals surface area contributed by atoms with Gasteiger partial charge in [-0.05, 0) is 32.1 Å². The van der Waals surface area contributed by atoms with Crippen molar-refractivity contribution in [1.82, 2.24) is 10.2 Å². The first kappa shape index (κ1) is 12.4. The van der Waals surface area contributed by atoms with Crippen LogP contribution < -0.4 is 11.1 Å². The van der Waals surface area contributed by atoms with Gasteiger partial charge in [0.05, 0.1) is 5.54 Å². The standard InChI is InChI=1S/C14H25N3O/c15-14(7-2-1-3-8-14)13(18)16-11-6-9-17(10-11)12-4-5-12/h11-12H,1-10,15H2,(H,16,18). The van der Waals surface area contributed by atoms with Crippen molar-refractivity contribution in [2.75, 3.05) is 13.1 Å². The molecule has 0 aromatic carbocycles. The van der Waals surface area contributed by atoms with Crippen LogP contribution in [0.2, 0.25) is 0 Å². The normalized spacial score (nSPS) is 32.4. The lowest BCUT2D eigenvalue weighted by Crippen LogP contribution is -2.57. The van der Waals surface area contributed by atoms with E-state index in [4.69, 9.17) is 5.73 Å². The molecule has 1 heterocycles. The molecule has 2 aliphatic carbocycles. The number of nitrogens with one attached hydrogen (secondary N) is 1. The maximum absolute atomic E-state index is 12.3. The first-order chi connectivity index (χ1) is 8.67. The van der Waals surface area contributed by atoms with E-state index in [0.29, 0.717) is 6.04 Å². The number of carbonyl (C=O) groups is 1. The van der Waals surface area contributed by atoms with E-state index in [-0.39, 0.29) is 5.91 Å². The van der Waals surface area contributed by atoms with Crippen LogP contribution in [-0.4, -0.2) is 41.5 Å². The summed E-state index contributed by atoms with van der Waals surface area (Å²) in [5.41, 5.74) is 5.68. The molecular weight excluding hydrogens is 226 g/mol. The number of carbonyl (C=O) groups excluding carboxylic acids is 1. The molecule has 1 amide bonds. The van der Waals surface area contributed by atoms with Crippen molar-refractivity contribution in [2.45, 2.75) is 69.0 Å². The lowest BCUT2D eigenvalue weighted by atomic mass is 9.82. The quantitative estimate of drug-likeness (QED) is 0.787. The SMILES string of the molecule is NC1(C(=O)NC2CCN(C3CC3)C2)CCCCC1. The highest BCUT2D eigenvalue weighted by Crippen LogP contribution is 2.30. The van der Waals surface area contributed by atoms with Gasteiger partial charge in [0.2, 0.25) is 5.91 Å². The van der Waals surface area contributed by atoms with Crippen molar-refractivity contribution < 1.29 is 4.79 Å². The Balaban J connectivity index is 1.51. The molecule has 1 unspecified atom stereocenters. The summed E-state index contributed by atoms with van der Waals surface area (Å²) in [5.74, 6) is 0.102. The van der Waals surface area contributed by atoms with Crippen LogP contribution in [0.4, 0.5) is 0 Å². The molecule has 0 spiro atoms. The van der Waals surface area contributed by atoms with Gasteiger partial charge in [-0.15, -0.1) is 0 Å². The fourth-order valence-electron chi connectivity index (χ4n) is 3.42. The number of nitrogens with zero attached hydrogens (tertiary/aromatic N) is 1. The van der Waals surface area contributed by atoms with E-state index in [2.05, 4.69) is 10.2 Å². The van der Waals surface area contributed by atoms with Gasteiger partial charge in [0.25, 0.3) is 0 Å². The Morgan fingerprint density at radius 3 is 2.56 bits per heavy atom. The van der Waals surface area contributed by atoms with Crippen LogP contribution in [0.5, 0.6) is 0 Å². The number of rotatable bonds is 3. The Kier molecular flexibility index (Phi) is 3.32. The number of likely N-dealkylation sites (tertiary alicyclic amines) is 1. The van der Waals surface area contributed by atoms with Gasteiger partial charge in [0.1, 0.15) is 0 Å². The highest BCUT2D eigenvalue weighted by atomic mass is 16.2. The fourth-order valence-corrected chi connectivity index (χ4v) is 3.42. The first-order valence-electron chi connectivity index (χ1n) is 7.51. The van der Waals surface area contributed by atoms with Crippen LogP contribution in [0.1, 0.15) is 51.4 Å². The molecule has 1 atom stereocenters. The van der Waals surface area contributed by atoms with Crippen molar-refractivity contribution >= 4 is 5.91 Å². The van der Waals surface area contributed by atoms with Crippen molar-refractivity contribution in [3.63, 3.8) is 0 Å². The van der Waals surface area contributed by atoms with E-state index >= 15 is 0 Å². The number of amides is 1. The second-order valence-corrected chi connectivity index (χ2v) is 6.40. The minimum atomic E-state index is -0.578. The Bertz CT molecular complexity index is 321. The van der Waals surface area contributed by atoms with E-state index in [9.17, 15) is 4.79 Å². The van der Waals surface area contributed by atoms with Gasteiger partial charge in [-0.2, -0.15) is 0 Å². The second kappa shape index (κ2) is 4.82. The van der Waals surface area contributed by atoms with Crippen LogP contribution in [0.25, 0.3) is 0 Å². The molecule has 3 fully saturated rings. The second-order valence-electron chi connectivity index (χ2n) is 6.40. The Labute approximate surface area is 109 Å². The van der Waals surface area contributed by atoms with E-state index < -0.39 is 5.54 Å². The zero-order valence-electron chi connectivity index (χ0n) is 11.2. The van der Waals surface area contributed by atoms with Gasteiger partial charge in [0, 0.05) is 25.2 Å². The molecule has 1 saturated heterocycles. The summed E-state index contributed by atoms with van der Waals surface area (Å²) < 4.78 is 0. The van der Waals surface area contributed by atoms with Crippen LogP contribution in [-0.2, 0) is 4.79 Å². The van der Waals surface area contributed by atoms with Crippen molar-refractivity contribution in [3.8, 4) is 0 Å². The van der Waals surface area contributed by atoms with Gasteiger partial charge in [0.15, 0.2) is 0 Å². The molecule has 102 valence electrons. The molecule has 3 aliphatic rings. The van der Waals surface area contributed by atoms with E-state index in [1.807, 2.05) is 0 Å². The molecule has 0 aromatic heterocycles. The van der Waals surface area contributed by atoms with Gasteiger partial charge in [-0.1, -0.05) is 19.3 Å². The summed E-state index contributed by atoms with van der Waals surface area (Å²) in [7, 11) is 0. The smallest absolute Gasteiger partial charge is 0.240 e. The fraction of sp³-hybridized carbons (Fsp3) is 0.929. The van der Waals surface area contributed by atoms with Crippen LogP contribution in [0.3, 0.4) is 0 Å². The molecule has 0 aromatic rings. The third-order valence-corrected chi connectivity index (χ3v) is 4.82. The molecular formula is C14H25N3O. The predicted molar refractivity (Wildman–Crippen MR) is 71.1 cm³/mol. The average molecular weight is 251 g/mol. The zero-order chi connectivity index (χ0) is 12.6. The summed E-state index contributed by atoms with van der Waals surface area (Å²) in [4.78, 5) is 14.8. The summed E-state index contributed by atoms with van der Waals surface area (Å²) >= 11 is 0. The van der Waals surface area contributed by atoms with Crippen molar-refractivity contribution in [2.24, 2.45) is 5.73 Å². The Hall–Kier alpha value is -0.610. The van der Waals surface area contributed by atoms with E-state index in [1.54, 1.807) is 0 Å². The Morgan fingerprint density at radius 2 is 1.89 bits per heavy atom. The van der Waals surface area contributed by atoms with Crippen LogP contribution in [0.15, 0.2) is 0 Å².